The Morgan fingerprint density at radius 2 is 2.20 bits per heavy atom. The van der Waals surface area contributed by atoms with Crippen LogP contribution in [0.2, 0.25) is 0 Å². The van der Waals surface area contributed by atoms with E-state index in [0.29, 0.717) is 13.2 Å². The van der Waals surface area contributed by atoms with E-state index >= 15 is 0 Å². The zero-order chi connectivity index (χ0) is 10.3. The molecule has 0 radical (unpaired) electrons. The number of nitrogens with zero attached hydrogens (tertiary/aromatic N) is 1. The average molecular weight is 203 g/mol. The Bertz CT molecular complexity index is 370. The summed E-state index contributed by atoms with van der Waals surface area (Å²) >= 11 is 0. The van der Waals surface area contributed by atoms with Crippen molar-refractivity contribution in [3.05, 3.63) is 54.2 Å². The van der Waals surface area contributed by atoms with Crippen LogP contribution < -0.4 is 0 Å². The molecular weight excluding hydrogens is 190 g/mol. The van der Waals surface area contributed by atoms with Crippen molar-refractivity contribution in [2.75, 3.05) is 6.61 Å². The van der Waals surface area contributed by atoms with E-state index in [2.05, 4.69) is 4.98 Å². The van der Waals surface area contributed by atoms with Crippen molar-refractivity contribution in [1.82, 2.24) is 4.98 Å². The third kappa shape index (κ3) is 3.22. The normalized spacial score (nSPS) is 10.4. The van der Waals surface area contributed by atoms with Crippen molar-refractivity contribution in [3.8, 4) is 0 Å². The lowest BCUT2D eigenvalue weighted by Gasteiger charge is -2.01. The first kappa shape index (κ1) is 9.93. The monoisotopic (exact) mass is 203 g/mol. The minimum atomic E-state index is 0.528. The lowest BCUT2D eigenvalue weighted by Crippen LogP contribution is -1.99. The van der Waals surface area contributed by atoms with Crippen molar-refractivity contribution in [1.29, 1.82) is 0 Å². The SMILES string of the molecule is c1ccc(CCOCc2ccco2)nc1. The van der Waals surface area contributed by atoms with Gasteiger partial charge in [0.15, 0.2) is 0 Å². The Kier molecular flexibility index (Phi) is 3.52. The first-order chi connectivity index (χ1) is 7.45. The van der Waals surface area contributed by atoms with Crippen molar-refractivity contribution in [2.24, 2.45) is 0 Å². The molecule has 0 atom stereocenters. The summed E-state index contributed by atoms with van der Waals surface area (Å²) in [5, 5.41) is 0. The number of furan rings is 1. The van der Waals surface area contributed by atoms with Crippen molar-refractivity contribution < 1.29 is 9.15 Å². The maximum absolute atomic E-state index is 5.45. The van der Waals surface area contributed by atoms with Gasteiger partial charge in [0, 0.05) is 18.3 Å². The summed E-state index contributed by atoms with van der Waals surface area (Å²) < 4.78 is 10.6. The summed E-state index contributed by atoms with van der Waals surface area (Å²) in [7, 11) is 0. The van der Waals surface area contributed by atoms with Gasteiger partial charge in [-0.05, 0) is 24.3 Å². The van der Waals surface area contributed by atoms with Crippen LogP contribution in [0.3, 0.4) is 0 Å². The number of hydrogen-bond donors (Lipinski definition) is 0. The van der Waals surface area contributed by atoms with Crippen LogP contribution >= 0.6 is 0 Å². The second-order valence-electron chi connectivity index (χ2n) is 3.20. The van der Waals surface area contributed by atoms with Crippen LogP contribution in [0.5, 0.6) is 0 Å². The van der Waals surface area contributed by atoms with Crippen molar-refractivity contribution >= 4 is 0 Å². The van der Waals surface area contributed by atoms with E-state index in [-0.39, 0.29) is 0 Å². The summed E-state index contributed by atoms with van der Waals surface area (Å²) in [4.78, 5) is 4.21. The molecule has 0 bridgehead atoms. The molecule has 0 N–H and O–H groups in total. The number of hydrogen-bond acceptors (Lipinski definition) is 3. The van der Waals surface area contributed by atoms with Crippen molar-refractivity contribution in [3.63, 3.8) is 0 Å². The average Bonchev–Trinajstić information content (AvgIpc) is 2.79. The largest absolute Gasteiger partial charge is 0.467 e. The smallest absolute Gasteiger partial charge is 0.129 e. The topological polar surface area (TPSA) is 35.3 Å². The Labute approximate surface area is 88.7 Å². The zero-order valence-corrected chi connectivity index (χ0v) is 8.43. The van der Waals surface area contributed by atoms with E-state index in [0.717, 1.165) is 17.9 Å². The molecule has 0 amide bonds. The molecule has 0 aromatic carbocycles. The molecule has 3 heteroatoms. The molecule has 0 aliphatic heterocycles. The molecule has 0 aliphatic rings. The lowest BCUT2D eigenvalue weighted by molar-refractivity contribution is 0.108. The van der Waals surface area contributed by atoms with E-state index in [1.54, 1.807) is 12.5 Å². The Hall–Kier alpha value is -1.61. The lowest BCUT2D eigenvalue weighted by atomic mass is 10.3. The summed E-state index contributed by atoms with van der Waals surface area (Å²) in [6.07, 6.45) is 4.28. The van der Waals surface area contributed by atoms with Gasteiger partial charge < -0.3 is 9.15 Å². The van der Waals surface area contributed by atoms with Gasteiger partial charge in [-0.2, -0.15) is 0 Å². The molecule has 2 aromatic rings. The van der Waals surface area contributed by atoms with E-state index in [1.807, 2.05) is 30.3 Å². The summed E-state index contributed by atoms with van der Waals surface area (Å²) in [5.41, 5.74) is 1.05. The Morgan fingerprint density at radius 3 is 2.93 bits per heavy atom. The second kappa shape index (κ2) is 5.32. The van der Waals surface area contributed by atoms with E-state index in [1.165, 1.54) is 0 Å². The fourth-order valence-corrected chi connectivity index (χ4v) is 1.29. The first-order valence-electron chi connectivity index (χ1n) is 4.95. The molecule has 2 aromatic heterocycles. The van der Waals surface area contributed by atoms with Crippen LogP contribution in [-0.4, -0.2) is 11.6 Å². The third-order valence-corrected chi connectivity index (χ3v) is 2.05. The molecule has 0 spiro atoms. The molecular formula is C12H13NO2. The van der Waals surface area contributed by atoms with E-state index < -0.39 is 0 Å². The number of pyridine rings is 1. The Morgan fingerprint density at radius 1 is 1.20 bits per heavy atom. The second-order valence-corrected chi connectivity index (χ2v) is 3.20. The highest BCUT2D eigenvalue weighted by molar-refractivity contribution is 5.03. The molecule has 0 aliphatic carbocycles. The molecule has 0 saturated heterocycles. The summed E-state index contributed by atoms with van der Waals surface area (Å²) in [6, 6.07) is 9.65. The minimum Gasteiger partial charge on any atom is -0.467 e. The van der Waals surface area contributed by atoms with Crippen molar-refractivity contribution in [2.45, 2.75) is 13.0 Å². The minimum absolute atomic E-state index is 0.528. The van der Waals surface area contributed by atoms with Crippen LogP contribution in [0.25, 0.3) is 0 Å². The predicted molar refractivity (Wildman–Crippen MR) is 56.3 cm³/mol. The fourth-order valence-electron chi connectivity index (χ4n) is 1.29. The van der Waals surface area contributed by atoms with E-state index in [4.69, 9.17) is 9.15 Å². The molecule has 0 saturated carbocycles. The number of rotatable bonds is 5. The van der Waals surface area contributed by atoms with Crippen LogP contribution in [-0.2, 0) is 17.8 Å². The van der Waals surface area contributed by atoms with Crippen LogP contribution in [0.1, 0.15) is 11.5 Å². The van der Waals surface area contributed by atoms with Gasteiger partial charge in [-0.3, -0.25) is 4.98 Å². The van der Waals surface area contributed by atoms with Gasteiger partial charge in [-0.25, -0.2) is 0 Å². The summed E-state index contributed by atoms with van der Waals surface area (Å²) in [6.45, 7) is 1.19. The number of aromatic nitrogens is 1. The molecule has 0 fully saturated rings. The quantitative estimate of drug-likeness (QED) is 0.700. The molecule has 2 rings (SSSR count). The molecule has 15 heavy (non-hydrogen) atoms. The molecule has 0 unspecified atom stereocenters. The van der Waals surface area contributed by atoms with E-state index in [9.17, 15) is 0 Å². The molecule has 2 heterocycles. The number of ether oxygens (including phenoxy) is 1. The van der Waals surface area contributed by atoms with Gasteiger partial charge in [-0.1, -0.05) is 6.07 Å². The van der Waals surface area contributed by atoms with Gasteiger partial charge in [0.05, 0.1) is 12.9 Å². The highest BCUT2D eigenvalue weighted by Crippen LogP contribution is 2.02. The highest BCUT2D eigenvalue weighted by atomic mass is 16.5. The molecule has 78 valence electrons. The fraction of sp³-hybridized carbons (Fsp3) is 0.250. The standard InChI is InChI=1S/C12H13NO2/c1-2-7-13-11(4-1)6-9-14-10-12-5-3-8-15-12/h1-5,7-8H,6,9-10H2. The maximum atomic E-state index is 5.45. The third-order valence-electron chi connectivity index (χ3n) is 2.05. The van der Waals surface area contributed by atoms with Gasteiger partial charge in [0.1, 0.15) is 12.4 Å². The predicted octanol–water partition coefficient (Wildman–Crippen LogP) is 2.43. The van der Waals surface area contributed by atoms with Crippen LogP contribution in [0, 0.1) is 0 Å². The van der Waals surface area contributed by atoms with Crippen LogP contribution in [0.15, 0.2) is 47.2 Å². The first-order valence-corrected chi connectivity index (χ1v) is 4.95. The van der Waals surface area contributed by atoms with Crippen LogP contribution in [0.4, 0.5) is 0 Å². The molecule has 3 nitrogen and oxygen atoms in total. The van der Waals surface area contributed by atoms with Gasteiger partial charge in [0.25, 0.3) is 0 Å². The maximum Gasteiger partial charge on any atom is 0.129 e. The van der Waals surface area contributed by atoms with Gasteiger partial charge >= 0.3 is 0 Å². The Balaban J connectivity index is 1.68. The zero-order valence-electron chi connectivity index (χ0n) is 8.43. The highest BCUT2D eigenvalue weighted by Gasteiger charge is 1.96. The van der Waals surface area contributed by atoms with Gasteiger partial charge in [-0.15, -0.1) is 0 Å². The van der Waals surface area contributed by atoms with Gasteiger partial charge in [0.2, 0.25) is 0 Å². The summed E-state index contributed by atoms with van der Waals surface area (Å²) in [5.74, 6) is 0.857.